The van der Waals surface area contributed by atoms with E-state index in [2.05, 4.69) is 0 Å². The van der Waals surface area contributed by atoms with E-state index in [9.17, 15) is 9.59 Å². The zero-order chi connectivity index (χ0) is 13.8. The van der Waals surface area contributed by atoms with Crippen molar-refractivity contribution in [1.82, 2.24) is 0 Å². The third kappa shape index (κ3) is 2.65. The maximum atomic E-state index is 12.4. The summed E-state index contributed by atoms with van der Waals surface area (Å²) in [5.74, 6) is -1.44. The van der Waals surface area contributed by atoms with Gasteiger partial charge in [0.25, 0.3) is 0 Å². The number of hydrogen-bond acceptors (Lipinski definition) is 3. The van der Waals surface area contributed by atoms with Gasteiger partial charge in [-0.25, -0.2) is 0 Å². The summed E-state index contributed by atoms with van der Waals surface area (Å²) >= 11 is 0. The summed E-state index contributed by atoms with van der Waals surface area (Å²) in [5.41, 5.74) is 0.568. The normalized spacial score (nSPS) is 12.1. The lowest BCUT2D eigenvalue weighted by Crippen LogP contribution is -2.23. The second kappa shape index (κ2) is 5.65. The number of esters is 1. The molecule has 0 aliphatic rings. The Balaban J connectivity index is 2.39. The molecule has 2 aromatic rings. The minimum Gasteiger partial charge on any atom is -0.465 e. The number of benzene rings is 2. The van der Waals surface area contributed by atoms with Gasteiger partial charge in [0, 0.05) is 5.56 Å². The van der Waals surface area contributed by atoms with Gasteiger partial charge in [-0.1, -0.05) is 42.5 Å². The maximum Gasteiger partial charge on any atom is 0.316 e. The summed E-state index contributed by atoms with van der Waals surface area (Å²) in [4.78, 5) is 24.0. The lowest BCUT2D eigenvalue weighted by Gasteiger charge is -2.11. The topological polar surface area (TPSA) is 43.4 Å². The van der Waals surface area contributed by atoms with Gasteiger partial charge in [-0.2, -0.15) is 0 Å². The number of ketones is 1. The highest BCUT2D eigenvalue weighted by Crippen LogP contribution is 2.21. The first kappa shape index (κ1) is 13.3. The summed E-state index contributed by atoms with van der Waals surface area (Å²) in [6.45, 7) is 3.60. The highest BCUT2D eigenvalue weighted by Gasteiger charge is 2.24. The summed E-state index contributed by atoms with van der Waals surface area (Å²) in [5, 5.41) is 1.86. The number of carbonyl (C=O) groups excluding carboxylic acids is 2. The molecule has 98 valence electrons. The van der Waals surface area contributed by atoms with Gasteiger partial charge in [0.15, 0.2) is 5.78 Å². The molecule has 2 rings (SSSR count). The standard InChI is InChI=1S/C16H16O3/c1-3-19-16(18)11(2)15(17)14-10-6-8-12-7-4-5-9-13(12)14/h4-11H,3H2,1-2H3. The molecule has 0 bridgehead atoms. The largest absolute Gasteiger partial charge is 0.465 e. The van der Waals surface area contributed by atoms with Crippen molar-refractivity contribution in [3.8, 4) is 0 Å². The first-order valence-corrected chi connectivity index (χ1v) is 6.33. The highest BCUT2D eigenvalue weighted by molar-refractivity contribution is 6.14. The lowest BCUT2D eigenvalue weighted by atomic mass is 9.94. The smallest absolute Gasteiger partial charge is 0.316 e. The second-order valence-electron chi connectivity index (χ2n) is 4.36. The van der Waals surface area contributed by atoms with Crippen molar-refractivity contribution in [2.24, 2.45) is 5.92 Å². The zero-order valence-corrected chi connectivity index (χ0v) is 11.1. The first-order chi connectivity index (χ1) is 9.15. The van der Waals surface area contributed by atoms with Gasteiger partial charge in [-0.05, 0) is 24.6 Å². The van der Waals surface area contributed by atoms with E-state index in [-0.39, 0.29) is 12.4 Å². The summed E-state index contributed by atoms with van der Waals surface area (Å²) < 4.78 is 4.90. The number of fused-ring (bicyclic) bond motifs is 1. The molecule has 0 amide bonds. The number of hydrogen-bond donors (Lipinski definition) is 0. The van der Waals surface area contributed by atoms with Crippen LogP contribution < -0.4 is 0 Å². The Morgan fingerprint density at radius 3 is 2.53 bits per heavy atom. The van der Waals surface area contributed by atoms with Crippen molar-refractivity contribution < 1.29 is 14.3 Å². The number of ether oxygens (including phenoxy) is 1. The summed E-state index contributed by atoms with van der Waals surface area (Å²) in [7, 11) is 0. The molecule has 3 heteroatoms. The Labute approximate surface area is 112 Å². The quantitative estimate of drug-likeness (QED) is 0.479. The minimum absolute atomic E-state index is 0.199. The average molecular weight is 256 g/mol. The van der Waals surface area contributed by atoms with Gasteiger partial charge < -0.3 is 4.74 Å². The minimum atomic E-state index is -0.772. The predicted octanol–water partition coefficient (Wildman–Crippen LogP) is 3.22. The molecule has 0 radical (unpaired) electrons. The van der Waals surface area contributed by atoms with Crippen LogP contribution >= 0.6 is 0 Å². The van der Waals surface area contributed by atoms with Gasteiger partial charge in [0.2, 0.25) is 0 Å². The van der Waals surface area contributed by atoms with E-state index in [1.165, 1.54) is 0 Å². The zero-order valence-electron chi connectivity index (χ0n) is 11.1. The molecule has 0 N–H and O–H groups in total. The summed E-state index contributed by atoms with van der Waals surface area (Å²) in [6, 6.07) is 13.2. The molecule has 0 fully saturated rings. The van der Waals surface area contributed by atoms with Gasteiger partial charge in [-0.3, -0.25) is 9.59 Å². The van der Waals surface area contributed by atoms with Gasteiger partial charge in [0.1, 0.15) is 5.92 Å². The SMILES string of the molecule is CCOC(=O)C(C)C(=O)c1cccc2ccccc12. The fourth-order valence-electron chi connectivity index (χ4n) is 2.05. The third-order valence-corrected chi connectivity index (χ3v) is 3.09. The fourth-order valence-corrected chi connectivity index (χ4v) is 2.05. The molecule has 1 unspecified atom stereocenters. The molecule has 0 aliphatic carbocycles. The van der Waals surface area contributed by atoms with E-state index >= 15 is 0 Å². The third-order valence-electron chi connectivity index (χ3n) is 3.09. The van der Waals surface area contributed by atoms with Crippen LogP contribution in [0.2, 0.25) is 0 Å². The monoisotopic (exact) mass is 256 g/mol. The number of Topliss-reactive ketones (excluding diaryl/α,β-unsaturated/α-hetero) is 1. The van der Waals surface area contributed by atoms with Gasteiger partial charge in [0.05, 0.1) is 6.61 Å². The summed E-state index contributed by atoms with van der Waals surface area (Å²) in [6.07, 6.45) is 0. The molecule has 0 spiro atoms. The molecule has 1 atom stereocenters. The van der Waals surface area contributed by atoms with E-state index in [0.29, 0.717) is 5.56 Å². The van der Waals surface area contributed by atoms with Crippen molar-refractivity contribution in [3.63, 3.8) is 0 Å². The number of rotatable bonds is 4. The van der Waals surface area contributed by atoms with Crippen LogP contribution in [0.4, 0.5) is 0 Å². The van der Waals surface area contributed by atoms with Crippen LogP contribution in [0.25, 0.3) is 10.8 Å². The van der Waals surface area contributed by atoms with Crippen molar-refractivity contribution >= 4 is 22.5 Å². The van der Waals surface area contributed by atoms with Crippen LogP contribution in [0.5, 0.6) is 0 Å². The van der Waals surface area contributed by atoms with Crippen LogP contribution in [-0.4, -0.2) is 18.4 Å². The van der Waals surface area contributed by atoms with Gasteiger partial charge >= 0.3 is 5.97 Å². The fraction of sp³-hybridized carbons (Fsp3) is 0.250. The molecule has 0 saturated heterocycles. The predicted molar refractivity (Wildman–Crippen MR) is 74.1 cm³/mol. The Morgan fingerprint density at radius 1 is 1.11 bits per heavy atom. The van der Waals surface area contributed by atoms with Crippen LogP contribution in [0.15, 0.2) is 42.5 Å². The number of carbonyl (C=O) groups is 2. The molecular weight excluding hydrogens is 240 g/mol. The van der Waals surface area contributed by atoms with Crippen molar-refractivity contribution in [2.75, 3.05) is 6.61 Å². The van der Waals surface area contributed by atoms with Crippen LogP contribution in [0, 0.1) is 5.92 Å². The molecule has 0 aromatic heterocycles. The second-order valence-corrected chi connectivity index (χ2v) is 4.36. The molecule has 19 heavy (non-hydrogen) atoms. The van der Waals surface area contributed by atoms with Gasteiger partial charge in [-0.15, -0.1) is 0 Å². The Kier molecular flexibility index (Phi) is 3.95. The van der Waals surface area contributed by atoms with Crippen LogP contribution in [-0.2, 0) is 9.53 Å². The van der Waals surface area contributed by atoms with Crippen LogP contribution in [0.3, 0.4) is 0 Å². The molecule has 0 heterocycles. The van der Waals surface area contributed by atoms with E-state index in [4.69, 9.17) is 4.74 Å². The van der Waals surface area contributed by atoms with E-state index in [1.54, 1.807) is 19.9 Å². The maximum absolute atomic E-state index is 12.4. The average Bonchev–Trinajstić information content (AvgIpc) is 2.45. The van der Waals surface area contributed by atoms with E-state index in [1.807, 2.05) is 36.4 Å². The molecule has 0 aliphatic heterocycles. The van der Waals surface area contributed by atoms with Crippen LogP contribution in [0.1, 0.15) is 24.2 Å². The Morgan fingerprint density at radius 2 is 1.79 bits per heavy atom. The highest BCUT2D eigenvalue weighted by atomic mass is 16.5. The Hall–Kier alpha value is -2.16. The lowest BCUT2D eigenvalue weighted by molar-refractivity contribution is -0.145. The van der Waals surface area contributed by atoms with Crippen molar-refractivity contribution in [3.05, 3.63) is 48.0 Å². The van der Waals surface area contributed by atoms with Crippen molar-refractivity contribution in [1.29, 1.82) is 0 Å². The Bertz CT molecular complexity index is 611. The van der Waals surface area contributed by atoms with E-state index in [0.717, 1.165) is 10.8 Å². The molecule has 0 saturated carbocycles. The van der Waals surface area contributed by atoms with E-state index < -0.39 is 11.9 Å². The van der Waals surface area contributed by atoms with Crippen molar-refractivity contribution in [2.45, 2.75) is 13.8 Å². The molecule has 2 aromatic carbocycles. The molecule has 3 nitrogen and oxygen atoms in total. The molecular formula is C16H16O3. The first-order valence-electron chi connectivity index (χ1n) is 6.33.